The van der Waals surface area contributed by atoms with E-state index in [2.05, 4.69) is 21.2 Å². The van der Waals surface area contributed by atoms with Gasteiger partial charge in [-0.25, -0.2) is 4.39 Å². The lowest BCUT2D eigenvalue weighted by molar-refractivity contribution is 0.302. The smallest absolute Gasteiger partial charge is 0.124 e. The van der Waals surface area contributed by atoms with Crippen LogP contribution in [0.1, 0.15) is 11.1 Å². The second-order valence-corrected chi connectivity index (χ2v) is 5.11. The zero-order valence-electron chi connectivity index (χ0n) is 10.6. The maximum absolute atomic E-state index is 13.2. The van der Waals surface area contributed by atoms with E-state index in [1.165, 1.54) is 12.1 Å². The fraction of sp³-hybridized carbons (Fsp3) is 0.200. The number of hydrogen-bond donors (Lipinski definition) is 1. The zero-order chi connectivity index (χ0) is 13.7. The number of rotatable bonds is 5. The Bertz CT molecular complexity index is 542. The van der Waals surface area contributed by atoms with Crippen LogP contribution in [0.15, 0.2) is 46.9 Å². The van der Waals surface area contributed by atoms with Gasteiger partial charge in [0.05, 0.1) is 0 Å². The van der Waals surface area contributed by atoms with Crippen LogP contribution in [-0.2, 0) is 13.2 Å². The molecule has 0 heterocycles. The van der Waals surface area contributed by atoms with Gasteiger partial charge in [-0.2, -0.15) is 0 Å². The summed E-state index contributed by atoms with van der Waals surface area (Å²) in [7, 11) is 1.82. The maximum Gasteiger partial charge on any atom is 0.124 e. The molecule has 0 unspecified atom stereocenters. The van der Waals surface area contributed by atoms with Gasteiger partial charge in [0.2, 0.25) is 0 Å². The molecule has 100 valence electrons. The first-order valence-corrected chi connectivity index (χ1v) is 6.78. The van der Waals surface area contributed by atoms with Crippen molar-refractivity contribution in [2.24, 2.45) is 0 Å². The highest BCUT2D eigenvalue weighted by Crippen LogP contribution is 2.21. The number of halogens is 2. The van der Waals surface area contributed by atoms with Crippen molar-refractivity contribution in [2.75, 3.05) is 7.05 Å². The molecule has 0 aliphatic rings. The third-order valence-corrected chi connectivity index (χ3v) is 3.23. The van der Waals surface area contributed by atoms with Gasteiger partial charge in [0.15, 0.2) is 0 Å². The van der Waals surface area contributed by atoms with E-state index in [4.69, 9.17) is 4.74 Å². The second kappa shape index (κ2) is 6.68. The molecule has 2 aromatic carbocycles. The minimum absolute atomic E-state index is 0.249. The normalized spacial score (nSPS) is 10.5. The van der Waals surface area contributed by atoms with Gasteiger partial charge in [-0.1, -0.05) is 28.1 Å². The molecular weight excluding hydrogens is 309 g/mol. The summed E-state index contributed by atoms with van der Waals surface area (Å²) in [5, 5.41) is 3.00. The molecule has 0 fully saturated rings. The van der Waals surface area contributed by atoms with Crippen LogP contribution in [0.25, 0.3) is 0 Å². The Labute approximate surface area is 120 Å². The topological polar surface area (TPSA) is 21.3 Å². The fourth-order valence-corrected chi connectivity index (χ4v) is 2.02. The van der Waals surface area contributed by atoms with Gasteiger partial charge >= 0.3 is 0 Å². The zero-order valence-corrected chi connectivity index (χ0v) is 12.2. The van der Waals surface area contributed by atoms with Crippen LogP contribution in [0.2, 0.25) is 0 Å². The standard InChI is InChI=1S/C15H15BrFNO/c1-18-9-12-8-14(17)6-7-15(12)19-10-11-2-4-13(16)5-3-11/h2-8,18H,9-10H2,1H3. The summed E-state index contributed by atoms with van der Waals surface area (Å²) in [6.45, 7) is 1.04. The third-order valence-electron chi connectivity index (χ3n) is 2.70. The van der Waals surface area contributed by atoms with Crippen molar-refractivity contribution >= 4 is 15.9 Å². The first-order chi connectivity index (χ1) is 9.19. The van der Waals surface area contributed by atoms with E-state index in [1.807, 2.05) is 31.3 Å². The first kappa shape index (κ1) is 14.0. The summed E-state index contributed by atoms with van der Waals surface area (Å²) < 4.78 is 20.0. The number of benzene rings is 2. The van der Waals surface area contributed by atoms with Gasteiger partial charge in [-0.05, 0) is 42.9 Å². The van der Waals surface area contributed by atoms with E-state index in [1.54, 1.807) is 6.07 Å². The van der Waals surface area contributed by atoms with Crippen molar-refractivity contribution in [1.82, 2.24) is 5.32 Å². The maximum atomic E-state index is 13.2. The van der Waals surface area contributed by atoms with E-state index in [0.717, 1.165) is 15.6 Å². The Balaban J connectivity index is 2.08. The number of nitrogens with one attached hydrogen (secondary N) is 1. The van der Waals surface area contributed by atoms with Gasteiger partial charge in [-0.3, -0.25) is 0 Å². The minimum Gasteiger partial charge on any atom is -0.489 e. The van der Waals surface area contributed by atoms with Gasteiger partial charge in [-0.15, -0.1) is 0 Å². The minimum atomic E-state index is -0.249. The van der Waals surface area contributed by atoms with Crippen molar-refractivity contribution in [3.8, 4) is 5.75 Å². The lowest BCUT2D eigenvalue weighted by atomic mass is 10.2. The highest BCUT2D eigenvalue weighted by molar-refractivity contribution is 9.10. The van der Waals surface area contributed by atoms with Crippen LogP contribution < -0.4 is 10.1 Å². The fourth-order valence-electron chi connectivity index (χ4n) is 1.76. The lowest BCUT2D eigenvalue weighted by Gasteiger charge is -2.11. The highest BCUT2D eigenvalue weighted by atomic mass is 79.9. The molecule has 0 spiro atoms. The largest absolute Gasteiger partial charge is 0.489 e. The van der Waals surface area contributed by atoms with Gasteiger partial charge in [0.1, 0.15) is 18.2 Å². The molecule has 19 heavy (non-hydrogen) atoms. The van der Waals surface area contributed by atoms with Crippen molar-refractivity contribution in [3.05, 3.63) is 63.9 Å². The summed E-state index contributed by atoms with van der Waals surface area (Å²) in [6.07, 6.45) is 0. The SMILES string of the molecule is CNCc1cc(F)ccc1OCc1ccc(Br)cc1. The lowest BCUT2D eigenvalue weighted by Crippen LogP contribution is -2.08. The van der Waals surface area contributed by atoms with Gasteiger partial charge < -0.3 is 10.1 Å². The van der Waals surface area contributed by atoms with E-state index >= 15 is 0 Å². The highest BCUT2D eigenvalue weighted by Gasteiger charge is 2.05. The van der Waals surface area contributed by atoms with Crippen molar-refractivity contribution < 1.29 is 9.13 Å². The molecule has 0 aromatic heterocycles. The quantitative estimate of drug-likeness (QED) is 0.901. The summed E-state index contributed by atoms with van der Waals surface area (Å²) >= 11 is 3.39. The molecule has 2 rings (SSSR count). The number of hydrogen-bond acceptors (Lipinski definition) is 2. The third kappa shape index (κ3) is 4.04. The first-order valence-electron chi connectivity index (χ1n) is 5.99. The Hall–Kier alpha value is -1.39. The molecule has 0 atom stereocenters. The predicted octanol–water partition coefficient (Wildman–Crippen LogP) is 3.89. The summed E-state index contributed by atoms with van der Waals surface area (Å²) in [4.78, 5) is 0. The van der Waals surface area contributed by atoms with Gasteiger partial charge in [0, 0.05) is 16.6 Å². The van der Waals surface area contributed by atoms with Crippen molar-refractivity contribution in [1.29, 1.82) is 0 Å². The van der Waals surface area contributed by atoms with Crippen LogP contribution in [0, 0.1) is 5.82 Å². The van der Waals surface area contributed by atoms with Crippen molar-refractivity contribution in [2.45, 2.75) is 13.2 Å². The molecule has 2 aromatic rings. The van der Waals surface area contributed by atoms with E-state index in [9.17, 15) is 4.39 Å². The van der Waals surface area contributed by atoms with E-state index in [0.29, 0.717) is 18.9 Å². The molecule has 2 nitrogen and oxygen atoms in total. The Morgan fingerprint density at radius 2 is 1.89 bits per heavy atom. The van der Waals surface area contributed by atoms with Crippen LogP contribution in [0.5, 0.6) is 5.75 Å². The van der Waals surface area contributed by atoms with Crippen LogP contribution >= 0.6 is 15.9 Å². The average Bonchev–Trinajstić information content (AvgIpc) is 2.40. The van der Waals surface area contributed by atoms with Crippen LogP contribution in [0.3, 0.4) is 0 Å². The summed E-state index contributed by atoms with van der Waals surface area (Å²) in [5.74, 6) is 0.458. The summed E-state index contributed by atoms with van der Waals surface area (Å²) in [6, 6.07) is 12.5. The molecule has 0 aliphatic heterocycles. The molecular formula is C15H15BrFNO. The molecule has 0 radical (unpaired) electrons. The average molecular weight is 324 g/mol. The Kier molecular flexibility index (Phi) is 4.93. The monoisotopic (exact) mass is 323 g/mol. The van der Waals surface area contributed by atoms with E-state index in [-0.39, 0.29) is 5.82 Å². The number of ether oxygens (including phenoxy) is 1. The van der Waals surface area contributed by atoms with Crippen molar-refractivity contribution in [3.63, 3.8) is 0 Å². The molecule has 1 N–H and O–H groups in total. The Morgan fingerprint density at radius 3 is 2.58 bits per heavy atom. The van der Waals surface area contributed by atoms with E-state index < -0.39 is 0 Å². The van der Waals surface area contributed by atoms with Crippen LogP contribution in [0.4, 0.5) is 4.39 Å². The molecule has 0 bridgehead atoms. The second-order valence-electron chi connectivity index (χ2n) is 4.20. The molecule has 4 heteroatoms. The molecule has 0 aliphatic carbocycles. The molecule has 0 saturated heterocycles. The van der Waals surface area contributed by atoms with Crippen LogP contribution in [-0.4, -0.2) is 7.05 Å². The Morgan fingerprint density at radius 1 is 1.16 bits per heavy atom. The predicted molar refractivity (Wildman–Crippen MR) is 77.6 cm³/mol. The summed E-state index contributed by atoms with van der Waals surface area (Å²) in [5.41, 5.74) is 1.89. The molecule has 0 saturated carbocycles. The molecule has 0 amide bonds. The van der Waals surface area contributed by atoms with Gasteiger partial charge in [0.25, 0.3) is 0 Å².